The van der Waals surface area contributed by atoms with Crippen LogP contribution in [0.1, 0.15) is 11.1 Å². The molecule has 1 heterocycles. The molecule has 2 aromatic carbocycles. The molecular weight excluding hydrogens is 342 g/mol. The van der Waals surface area contributed by atoms with Crippen LogP contribution in [0.5, 0.6) is 11.5 Å². The second-order valence-corrected chi connectivity index (χ2v) is 5.87. The Morgan fingerprint density at radius 3 is 2.70 bits per heavy atom. The number of ether oxygens (including phenoxy) is 2. The molecule has 0 saturated heterocycles. The normalized spacial score (nSPS) is 10.7. The van der Waals surface area contributed by atoms with Crippen molar-refractivity contribution in [1.82, 2.24) is 9.78 Å². The number of amides is 1. The molecule has 0 spiro atoms. The molecule has 0 aliphatic carbocycles. The van der Waals surface area contributed by atoms with E-state index in [0.717, 1.165) is 22.6 Å². The number of para-hydroxylation sites is 1. The highest BCUT2D eigenvalue weighted by molar-refractivity contribution is 6.01. The Bertz CT molecular complexity index is 933. The van der Waals surface area contributed by atoms with Gasteiger partial charge in [-0.05, 0) is 35.9 Å². The quantitative estimate of drug-likeness (QED) is 0.651. The zero-order valence-electron chi connectivity index (χ0n) is 15.3. The molecule has 6 heteroatoms. The van der Waals surface area contributed by atoms with Crippen LogP contribution in [-0.4, -0.2) is 22.8 Å². The fraction of sp³-hybridized carbons (Fsp3) is 0.143. The maximum atomic E-state index is 12.0. The molecule has 0 saturated carbocycles. The first-order valence-corrected chi connectivity index (χ1v) is 8.47. The van der Waals surface area contributed by atoms with E-state index in [1.54, 1.807) is 37.2 Å². The number of carbonyl (C=O) groups excluding carboxylic acids is 1. The molecule has 1 amide bonds. The van der Waals surface area contributed by atoms with E-state index >= 15 is 0 Å². The van der Waals surface area contributed by atoms with E-state index in [-0.39, 0.29) is 5.91 Å². The summed E-state index contributed by atoms with van der Waals surface area (Å²) in [5.41, 5.74) is 1.77. The van der Waals surface area contributed by atoms with Crippen LogP contribution in [0.15, 0.2) is 66.9 Å². The monoisotopic (exact) mass is 363 g/mol. The lowest BCUT2D eigenvalue weighted by atomic mass is 10.1. The molecule has 0 atom stereocenters. The van der Waals surface area contributed by atoms with Crippen LogP contribution in [0.25, 0.3) is 6.08 Å². The number of anilines is 1. The maximum Gasteiger partial charge on any atom is 0.249 e. The number of aromatic nitrogens is 2. The third-order valence-electron chi connectivity index (χ3n) is 3.83. The first-order valence-electron chi connectivity index (χ1n) is 8.47. The number of carbonyl (C=O) groups is 1. The summed E-state index contributed by atoms with van der Waals surface area (Å²) in [7, 11) is 3.42. The Hall–Kier alpha value is -3.54. The van der Waals surface area contributed by atoms with E-state index in [9.17, 15) is 4.79 Å². The molecule has 27 heavy (non-hydrogen) atoms. The molecule has 6 nitrogen and oxygen atoms in total. The molecule has 0 aliphatic heterocycles. The van der Waals surface area contributed by atoms with Crippen LogP contribution in [-0.2, 0) is 18.4 Å². The Labute approximate surface area is 158 Å². The van der Waals surface area contributed by atoms with Gasteiger partial charge in [-0.1, -0.05) is 24.3 Å². The van der Waals surface area contributed by atoms with Crippen molar-refractivity contribution in [2.45, 2.75) is 6.61 Å². The predicted octanol–water partition coefficient (Wildman–Crippen LogP) is 3.66. The number of hydrogen-bond donors (Lipinski definition) is 1. The highest BCUT2D eigenvalue weighted by Crippen LogP contribution is 2.23. The lowest BCUT2D eigenvalue weighted by molar-refractivity contribution is -0.111. The Morgan fingerprint density at radius 2 is 2.00 bits per heavy atom. The van der Waals surface area contributed by atoms with E-state index < -0.39 is 0 Å². The van der Waals surface area contributed by atoms with Crippen molar-refractivity contribution in [2.75, 3.05) is 12.4 Å². The predicted molar refractivity (Wildman–Crippen MR) is 105 cm³/mol. The van der Waals surface area contributed by atoms with Gasteiger partial charge in [0.05, 0.1) is 7.11 Å². The van der Waals surface area contributed by atoms with Gasteiger partial charge < -0.3 is 14.8 Å². The van der Waals surface area contributed by atoms with E-state index in [4.69, 9.17) is 9.47 Å². The molecule has 0 bridgehead atoms. The summed E-state index contributed by atoms with van der Waals surface area (Å²) in [6.45, 7) is 0.370. The summed E-state index contributed by atoms with van der Waals surface area (Å²) in [6, 6.07) is 17.0. The lowest BCUT2D eigenvalue weighted by Gasteiger charge is -2.11. The van der Waals surface area contributed by atoms with Crippen LogP contribution in [0.3, 0.4) is 0 Å². The Morgan fingerprint density at radius 1 is 1.19 bits per heavy atom. The standard InChI is InChI=1S/C21H21N3O3/c1-24-13-12-20(23-24)22-21(25)11-9-16-8-10-19(26-2)17(14-16)15-27-18-6-4-3-5-7-18/h3-14H,15H2,1-2H3,(H,22,23,25)/b11-9+. The molecule has 138 valence electrons. The number of hydrogen-bond acceptors (Lipinski definition) is 4. The largest absolute Gasteiger partial charge is 0.496 e. The minimum atomic E-state index is -0.244. The average Bonchev–Trinajstić information content (AvgIpc) is 3.10. The van der Waals surface area contributed by atoms with Gasteiger partial charge in [-0.2, -0.15) is 5.10 Å². The summed E-state index contributed by atoms with van der Waals surface area (Å²) in [6.07, 6.45) is 4.98. The van der Waals surface area contributed by atoms with Crippen molar-refractivity contribution < 1.29 is 14.3 Å². The summed E-state index contributed by atoms with van der Waals surface area (Å²) in [4.78, 5) is 12.0. The van der Waals surface area contributed by atoms with Crippen LogP contribution in [0.2, 0.25) is 0 Å². The molecule has 0 radical (unpaired) electrons. The minimum absolute atomic E-state index is 0.244. The fourth-order valence-corrected chi connectivity index (χ4v) is 2.51. The summed E-state index contributed by atoms with van der Waals surface area (Å²) in [5, 5.41) is 6.82. The maximum absolute atomic E-state index is 12.0. The minimum Gasteiger partial charge on any atom is -0.496 e. The van der Waals surface area contributed by atoms with Gasteiger partial charge in [0.1, 0.15) is 18.1 Å². The van der Waals surface area contributed by atoms with E-state index in [2.05, 4.69) is 10.4 Å². The smallest absolute Gasteiger partial charge is 0.249 e. The summed E-state index contributed by atoms with van der Waals surface area (Å²) >= 11 is 0. The third kappa shape index (κ3) is 5.22. The van der Waals surface area contributed by atoms with Crippen LogP contribution in [0, 0.1) is 0 Å². The lowest BCUT2D eigenvalue weighted by Crippen LogP contribution is -2.08. The number of benzene rings is 2. The Balaban J connectivity index is 1.67. The molecule has 1 N–H and O–H groups in total. The molecule has 0 aliphatic rings. The molecule has 0 unspecified atom stereocenters. The summed E-state index contributed by atoms with van der Waals surface area (Å²) in [5.74, 6) is 1.79. The molecule has 3 aromatic rings. The van der Waals surface area contributed by atoms with Gasteiger partial charge in [-0.3, -0.25) is 9.48 Å². The highest BCUT2D eigenvalue weighted by Gasteiger charge is 2.06. The van der Waals surface area contributed by atoms with Gasteiger partial charge in [0.15, 0.2) is 5.82 Å². The van der Waals surface area contributed by atoms with Crippen molar-refractivity contribution in [1.29, 1.82) is 0 Å². The van der Waals surface area contributed by atoms with Gasteiger partial charge in [-0.15, -0.1) is 0 Å². The molecule has 3 rings (SSSR count). The zero-order valence-corrected chi connectivity index (χ0v) is 15.3. The molecular formula is C21H21N3O3. The van der Waals surface area contributed by atoms with Crippen LogP contribution >= 0.6 is 0 Å². The van der Waals surface area contributed by atoms with Crippen molar-refractivity contribution >= 4 is 17.8 Å². The van der Waals surface area contributed by atoms with E-state index in [1.807, 2.05) is 48.5 Å². The van der Waals surface area contributed by atoms with Gasteiger partial charge >= 0.3 is 0 Å². The second kappa shape index (κ2) is 8.71. The second-order valence-electron chi connectivity index (χ2n) is 5.87. The number of rotatable bonds is 7. The Kier molecular flexibility index (Phi) is 5.89. The first-order chi connectivity index (χ1) is 13.1. The SMILES string of the molecule is COc1ccc(/C=C/C(=O)Nc2ccn(C)n2)cc1COc1ccccc1. The van der Waals surface area contributed by atoms with Gasteiger partial charge in [0, 0.05) is 31.0 Å². The fourth-order valence-electron chi connectivity index (χ4n) is 2.51. The van der Waals surface area contributed by atoms with E-state index in [1.165, 1.54) is 6.08 Å². The van der Waals surface area contributed by atoms with Gasteiger partial charge in [0.25, 0.3) is 0 Å². The van der Waals surface area contributed by atoms with Crippen LogP contribution < -0.4 is 14.8 Å². The average molecular weight is 363 g/mol. The third-order valence-corrected chi connectivity index (χ3v) is 3.83. The van der Waals surface area contributed by atoms with E-state index in [0.29, 0.717) is 12.4 Å². The van der Waals surface area contributed by atoms with Crippen molar-refractivity contribution in [3.63, 3.8) is 0 Å². The van der Waals surface area contributed by atoms with Gasteiger partial charge in [0.2, 0.25) is 5.91 Å². The van der Waals surface area contributed by atoms with Crippen molar-refractivity contribution in [2.24, 2.45) is 7.05 Å². The van der Waals surface area contributed by atoms with Crippen LogP contribution in [0.4, 0.5) is 5.82 Å². The number of nitrogens with one attached hydrogen (secondary N) is 1. The molecule has 0 fully saturated rings. The highest BCUT2D eigenvalue weighted by atomic mass is 16.5. The zero-order chi connectivity index (χ0) is 19.1. The van der Waals surface area contributed by atoms with Gasteiger partial charge in [-0.25, -0.2) is 0 Å². The topological polar surface area (TPSA) is 65.4 Å². The summed E-state index contributed by atoms with van der Waals surface area (Å²) < 4.78 is 12.8. The number of nitrogens with zero attached hydrogens (tertiary/aromatic N) is 2. The first kappa shape index (κ1) is 18.3. The number of aryl methyl sites for hydroxylation is 1. The number of methoxy groups -OCH3 is 1. The molecule has 1 aromatic heterocycles. The van der Waals surface area contributed by atoms with Crippen molar-refractivity contribution in [3.05, 3.63) is 78.0 Å². The van der Waals surface area contributed by atoms with Crippen molar-refractivity contribution in [3.8, 4) is 11.5 Å².